The maximum atomic E-state index is 5.84. The van der Waals surface area contributed by atoms with Gasteiger partial charge in [-0.2, -0.15) is 9.97 Å². The van der Waals surface area contributed by atoms with Gasteiger partial charge >= 0.3 is 0 Å². The molecule has 0 aliphatic heterocycles. The lowest BCUT2D eigenvalue weighted by molar-refractivity contribution is 0.325. The average Bonchev–Trinajstić information content (AvgIpc) is 2.36. The number of rotatable bonds is 4. The molecule has 2 aromatic rings. The van der Waals surface area contributed by atoms with Crippen LogP contribution in [0.3, 0.4) is 0 Å². The van der Waals surface area contributed by atoms with Crippen molar-refractivity contribution in [2.75, 3.05) is 12.3 Å². The summed E-state index contributed by atoms with van der Waals surface area (Å²) in [4.78, 5) is 7.91. The van der Waals surface area contributed by atoms with Crippen LogP contribution in [0, 0.1) is 0 Å². The number of nitrogens with two attached hydrogens (primary N) is 1. The summed E-state index contributed by atoms with van der Waals surface area (Å²) in [6.45, 7) is 2.35. The lowest BCUT2D eigenvalue weighted by atomic mass is 10.3. The molecule has 0 unspecified atom stereocenters. The first-order chi connectivity index (χ1) is 8.31. The number of nitrogen functional groups attached to an aromatic ring is 1. The second-order valence-electron chi connectivity index (χ2n) is 3.25. The molecular weight excluding hydrogens is 218 g/mol. The van der Waals surface area contributed by atoms with Gasteiger partial charge in [-0.15, -0.1) is 0 Å². The molecule has 0 bridgehead atoms. The summed E-state index contributed by atoms with van der Waals surface area (Å²) in [5, 5.41) is 0. The molecule has 2 rings (SSSR count). The first-order valence-electron chi connectivity index (χ1n) is 5.27. The van der Waals surface area contributed by atoms with Crippen molar-refractivity contribution >= 4 is 5.69 Å². The number of para-hydroxylation sites is 1. The number of aromatic nitrogens is 2. The van der Waals surface area contributed by atoms with Crippen molar-refractivity contribution in [1.29, 1.82) is 0 Å². The van der Waals surface area contributed by atoms with Gasteiger partial charge in [0, 0.05) is 0 Å². The van der Waals surface area contributed by atoms with Crippen molar-refractivity contribution in [2.24, 2.45) is 0 Å². The van der Waals surface area contributed by atoms with Crippen molar-refractivity contribution in [1.82, 2.24) is 9.97 Å². The van der Waals surface area contributed by atoms with Crippen LogP contribution in [0.1, 0.15) is 6.92 Å². The average molecular weight is 231 g/mol. The molecule has 1 heterocycles. The molecule has 1 aromatic heterocycles. The topological polar surface area (TPSA) is 70.3 Å². The Bertz CT molecular complexity index is 488. The van der Waals surface area contributed by atoms with Crippen LogP contribution < -0.4 is 15.2 Å². The predicted octanol–water partition coefficient (Wildman–Crippen LogP) is 2.25. The Labute approximate surface area is 99.2 Å². The molecule has 0 radical (unpaired) electrons. The van der Waals surface area contributed by atoms with E-state index in [0.29, 0.717) is 29.8 Å². The van der Waals surface area contributed by atoms with E-state index in [-0.39, 0.29) is 0 Å². The Morgan fingerprint density at radius 3 is 2.53 bits per heavy atom. The molecule has 0 aliphatic rings. The standard InChI is InChI=1S/C12H13N3O2/c1-2-16-11-10(13)12(15-8-14-11)17-9-6-4-3-5-7-9/h3-8H,2,13H2,1H3. The summed E-state index contributed by atoms with van der Waals surface area (Å²) in [7, 11) is 0. The lowest BCUT2D eigenvalue weighted by Gasteiger charge is -2.09. The smallest absolute Gasteiger partial charge is 0.249 e. The fraction of sp³-hybridized carbons (Fsp3) is 0.167. The van der Waals surface area contributed by atoms with E-state index in [0.717, 1.165) is 0 Å². The number of nitrogens with zero attached hydrogens (tertiary/aromatic N) is 2. The summed E-state index contributed by atoms with van der Waals surface area (Å²) in [6, 6.07) is 9.29. The molecule has 0 saturated carbocycles. The summed E-state index contributed by atoms with van der Waals surface area (Å²) in [5.41, 5.74) is 6.15. The summed E-state index contributed by atoms with van der Waals surface area (Å²) in [5.74, 6) is 1.31. The third-order valence-electron chi connectivity index (χ3n) is 2.05. The van der Waals surface area contributed by atoms with Crippen LogP contribution in [0.25, 0.3) is 0 Å². The van der Waals surface area contributed by atoms with Crippen LogP contribution in [0.15, 0.2) is 36.7 Å². The molecule has 88 valence electrons. The summed E-state index contributed by atoms with van der Waals surface area (Å²) >= 11 is 0. The number of anilines is 1. The zero-order valence-electron chi connectivity index (χ0n) is 9.46. The molecule has 0 amide bonds. The van der Waals surface area contributed by atoms with Crippen LogP contribution in [0.4, 0.5) is 5.69 Å². The van der Waals surface area contributed by atoms with Gasteiger partial charge < -0.3 is 15.2 Å². The van der Waals surface area contributed by atoms with E-state index in [9.17, 15) is 0 Å². The quantitative estimate of drug-likeness (QED) is 0.873. The Kier molecular flexibility index (Phi) is 3.40. The molecule has 17 heavy (non-hydrogen) atoms. The highest BCUT2D eigenvalue weighted by Crippen LogP contribution is 2.30. The van der Waals surface area contributed by atoms with Crippen LogP contribution in [0.5, 0.6) is 17.5 Å². The molecule has 0 aliphatic carbocycles. The van der Waals surface area contributed by atoms with E-state index in [1.54, 1.807) is 0 Å². The highest BCUT2D eigenvalue weighted by atomic mass is 16.5. The van der Waals surface area contributed by atoms with E-state index in [4.69, 9.17) is 15.2 Å². The van der Waals surface area contributed by atoms with Gasteiger partial charge in [-0.1, -0.05) is 18.2 Å². The predicted molar refractivity (Wildman–Crippen MR) is 64.1 cm³/mol. The first kappa shape index (κ1) is 11.2. The van der Waals surface area contributed by atoms with E-state index in [2.05, 4.69) is 9.97 Å². The van der Waals surface area contributed by atoms with Crippen molar-refractivity contribution in [3.05, 3.63) is 36.7 Å². The third-order valence-corrected chi connectivity index (χ3v) is 2.05. The van der Waals surface area contributed by atoms with Crippen molar-refractivity contribution in [2.45, 2.75) is 6.92 Å². The van der Waals surface area contributed by atoms with Gasteiger partial charge in [-0.05, 0) is 19.1 Å². The highest BCUT2D eigenvalue weighted by molar-refractivity contribution is 5.56. The van der Waals surface area contributed by atoms with E-state index < -0.39 is 0 Å². The van der Waals surface area contributed by atoms with Gasteiger partial charge in [0.1, 0.15) is 12.1 Å². The monoisotopic (exact) mass is 231 g/mol. The van der Waals surface area contributed by atoms with Crippen LogP contribution >= 0.6 is 0 Å². The SMILES string of the molecule is CCOc1ncnc(Oc2ccccc2)c1N. The molecule has 5 nitrogen and oxygen atoms in total. The molecule has 0 spiro atoms. The highest BCUT2D eigenvalue weighted by Gasteiger charge is 2.10. The lowest BCUT2D eigenvalue weighted by Crippen LogP contribution is -2.02. The van der Waals surface area contributed by atoms with Gasteiger partial charge in [0.25, 0.3) is 0 Å². The molecule has 1 aromatic carbocycles. The number of hydrogen-bond acceptors (Lipinski definition) is 5. The number of hydrogen-bond donors (Lipinski definition) is 1. The molecule has 0 fully saturated rings. The maximum absolute atomic E-state index is 5.84. The first-order valence-corrected chi connectivity index (χ1v) is 5.27. The van der Waals surface area contributed by atoms with Gasteiger partial charge in [0.15, 0.2) is 5.69 Å². The summed E-state index contributed by atoms with van der Waals surface area (Å²) in [6.07, 6.45) is 1.36. The minimum Gasteiger partial charge on any atom is -0.476 e. The minimum atomic E-state index is 0.301. The Balaban J connectivity index is 2.24. The second kappa shape index (κ2) is 5.16. The van der Waals surface area contributed by atoms with E-state index >= 15 is 0 Å². The Hall–Kier alpha value is -2.30. The fourth-order valence-corrected chi connectivity index (χ4v) is 1.30. The van der Waals surface area contributed by atoms with Crippen molar-refractivity contribution in [3.63, 3.8) is 0 Å². The van der Waals surface area contributed by atoms with Gasteiger partial charge in [-0.25, -0.2) is 0 Å². The van der Waals surface area contributed by atoms with Crippen LogP contribution in [-0.4, -0.2) is 16.6 Å². The fourth-order valence-electron chi connectivity index (χ4n) is 1.30. The third kappa shape index (κ3) is 2.63. The molecule has 0 saturated heterocycles. The zero-order chi connectivity index (χ0) is 12.1. The van der Waals surface area contributed by atoms with Crippen LogP contribution in [-0.2, 0) is 0 Å². The molecule has 2 N–H and O–H groups in total. The summed E-state index contributed by atoms with van der Waals surface area (Å²) < 4.78 is 10.8. The zero-order valence-corrected chi connectivity index (χ0v) is 9.46. The molecule has 0 atom stereocenters. The number of ether oxygens (including phenoxy) is 2. The Morgan fingerprint density at radius 1 is 1.12 bits per heavy atom. The van der Waals surface area contributed by atoms with Gasteiger partial charge in [-0.3, -0.25) is 0 Å². The maximum Gasteiger partial charge on any atom is 0.249 e. The largest absolute Gasteiger partial charge is 0.476 e. The van der Waals surface area contributed by atoms with Gasteiger partial charge in [0.05, 0.1) is 6.61 Å². The molecule has 5 heteroatoms. The van der Waals surface area contributed by atoms with E-state index in [1.807, 2.05) is 37.3 Å². The van der Waals surface area contributed by atoms with Crippen molar-refractivity contribution < 1.29 is 9.47 Å². The second-order valence-corrected chi connectivity index (χ2v) is 3.25. The van der Waals surface area contributed by atoms with Crippen LogP contribution in [0.2, 0.25) is 0 Å². The minimum absolute atomic E-state index is 0.301. The van der Waals surface area contributed by atoms with Gasteiger partial charge in [0.2, 0.25) is 11.8 Å². The van der Waals surface area contributed by atoms with Crippen molar-refractivity contribution in [3.8, 4) is 17.5 Å². The van der Waals surface area contributed by atoms with E-state index in [1.165, 1.54) is 6.33 Å². The normalized spacial score (nSPS) is 9.94. The Morgan fingerprint density at radius 2 is 1.82 bits per heavy atom. The molecular formula is C12H13N3O2. The number of benzene rings is 1.